The van der Waals surface area contributed by atoms with E-state index in [0.29, 0.717) is 5.56 Å². The molecule has 0 atom stereocenters. The fourth-order valence-electron chi connectivity index (χ4n) is 2.46. The molecule has 2 aromatic rings. The van der Waals surface area contributed by atoms with Crippen LogP contribution in [0.3, 0.4) is 0 Å². The molecule has 0 bridgehead atoms. The van der Waals surface area contributed by atoms with Crippen LogP contribution < -0.4 is 5.32 Å². The monoisotopic (exact) mass is 257 g/mol. The molecule has 2 aromatic carbocycles. The molecule has 2 rings (SSSR count). The topological polar surface area (TPSA) is 12.0 Å². The Hall–Kier alpha value is -1.67. The van der Waals surface area contributed by atoms with E-state index in [1.807, 2.05) is 20.0 Å². The zero-order chi connectivity index (χ0) is 14.0. The van der Waals surface area contributed by atoms with Crippen LogP contribution in [0.2, 0.25) is 0 Å². The summed E-state index contributed by atoms with van der Waals surface area (Å²) in [6.07, 6.45) is 0. The van der Waals surface area contributed by atoms with Gasteiger partial charge < -0.3 is 5.32 Å². The minimum Gasteiger partial charge on any atom is -0.316 e. The second kappa shape index (κ2) is 5.54. The van der Waals surface area contributed by atoms with Gasteiger partial charge in [-0.05, 0) is 62.2 Å². The minimum absolute atomic E-state index is 0.161. The molecule has 19 heavy (non-hydrogen) atoms. The first kappa shape index (κ1) is 13.8. The molecule has 0 unspecified atom stereocenters. The predicted molar refractivity (Wildman–Crippen MR) is 78.8 cm³/mol. The van der Waals surface area contributed by atoms with Gasteiger partial charge in [0, 0.05) is 12.1 Å². The van der Waals surface area contributed by atoms with Gasteiger partial charge in [0.15, 0.2) is 0 Å². The molecule has 0 aromatic heterocycles. The van der Waals surface area contributed by atoms with Gasteiger partial charge in [0.2, 0.25) is 0 Å². The normalized spacial score (nSPS) is 10.8. The summed E-state index contributed by atoms with van der Waals surface area (Å²) in [5.41, 5.74) is 6.40. The van der Waals surface area contributed by atoms with Crippen molar-refractivity contribution >= 4 is 0 Å². The lowest BCUT2D eigenvalue weighted by Gasteiger charge is -2.13. The number of hydrogen-bond acceptors (Lipinski definition) is 1. The fourth-order valence-corrected chi connectivity index (χ4v) is 2.46. The van der Waals surface area contributed by atoms with Crippen molar-refractivity contribution in [3.63, 3.8) is 0 Å². The highest BCUT2D eigenvalue weighted by Crippen LogP contribution is 2.28. The van der Waals surface area contributed by atoms with Gasteiger partial charge in [-0.15, -0.1) is 0 Å². The van der Waals surface area contributed by atoms with E-state index in [1.165, 1.54) is 22.8 Å². The quantitative estimate of drug-likeness (QED) is 0.871. The first-order valence-electron chi connectivity index (χ1n) is 6.54. The third-order valence-corrected chi connectivity index (χ3v) is 3.48. The Morgan fingerprint density at radius 3 is 2.21 bits per heavy atom. The zero-order valence-electron chi connectivity index (χ0n) is 12.0. The molecule has 0 aliphatic rings. The van der Waals surface area contributed by atoms with E-state index in [9.17, 15) is 4.39 Å². The SMILES string of the molecule is CNCc1c(C)cc(-c2cc(C)ccc2F)cc1C. The molecular formula is C17H20FN. The Kier molecular flexibility index (Phi) is 4.01. The standard InChI is InChI=1S/C17H20FN/c1-11-5-6-17(18)15(7-11)14-8-12(2)16(10-19-4)13(3)9-14/h5-9,19H,10H2,1-4H3. The molecule has 1 N–H and O–H groups in total. The lowest BCUT2D eigenvalue weighted by Crippen LogP contribution is -2.08. The maximum Gasteiger partial charge on any atom is 0.131 e. The summed E-state index contributed by atoms with van der Waals surface area (Å²) in [6, 6.07) is 9.38. The van der Waals surface area contributed by atoms with Gasteiger partial charge in [-0.25, -0.2) is 4.39 Å². The van der Waals surface area contributed by atoms with E-state index in [0.717, 1.165) is 17.7 Å². The molecule has 1 nitrogen and oxygen atoms in total. The van der Waals surface area contributed by atoms with Crippen molar-refractivity contribution < 1.29 is 4.39 Å². The number of rotatable bonds is 3. The number of hydrogen-bond donors (Lipinski definition) is 1. The van der Waals surface area contributed by atoms with E-state index in [4.69, 9.17) is 0 Å². The Labute approximate surface area is 114 Å². The Morgan fingerprint density at radius 1 is 1.00 bits per heavy atom. The summed E-state index contributed by atoms with van der Waals surface area (Å²) >= 11 is 0. The summed E-state index contributed by atoms with van der Waals surface area (Å²) in [5.74, 6) is -0.161. The zero-order valence-corrected chi connectivity index (χ0v) is 12.0. The van der Waals surface area contributed by atoms with Crippen LogP contribution in [0.25, 0.3) is 11.1 Å². The molecule has 0 aliphatic heterocycles. The molecule has 0 heterocycles. The van der Waals surface area contributed by atoms with Crippen molar-refractivity contribution in [2.45, 2.75) is 27.3 Å². The van der Waals surface area contributed by atoms with Gasteiger partial charge in [0.05, 0.1) is 0 Å². The van der Waals surface area contributed by atoms with Gasteiger partial charge in [-0.1, -0.05) is 23.8 Å². The molecule has 2 heteroatoms. The highest BCUT2D eigenvalue weighted by Gasteiger charge is 2.09. The maximum absolute atomic E-state index is 14.0. The first-order valence-corrected chi connectivity index (χ1v) is 6.54. The predicted octanol–water partition coefficient (Wildman–Crippen LogP) is 4.14. The maximum atomic E-state index is 14.0. The molecular weight excluding hydrogens is 237 g/mol. The summed E-state index contributed by atoms with van der Waals surface area (Å²) in [5, 5.41) is 3.17. The van der Waals surface area contributed by atoms with Crippen LogP contribution in [-0.2, 0) is 6.54 Å². The van der Waals surface area contributed by atoms with Crippen LogP contribution in [0.15, 0.2) is 30.3 Å². The van der Waals surface area contributed by atoms with Crippen molar-refractivity contribution in [2.24, 2.45) is 0 Å². The van der Waals surface area contributed by atoms with Crippen molar-refractivity contribution in [3.8, 4) is 11.1 Å². The van der Waals surface area contributed by atoms with Crippen LogP contribution in [0.4, 0.5) is 4.39 Å². The Bertz CT molecular complexity index is 579. The second-order valence-electron chi connectivity index (χ2n) is 5.10. The third-order valence-electron chi connectivity index (χ3n) is 3.48. The summed E-state index contributed by atoms with van der Waals surface area (Å²) < 4.78 is 14.0. The highest BCUT2D eigenvalue weighted by atomic mass is 19.1. The van der Waals surface area contributed by atoms with E-state index in [-0.39, 0.29) is 5.82 Å². The van der Waals surface area contributed by atoms with Crippen LogP contribution >= 0.6 is 0 Å². The third kappa shape index (κ3) is 2.85. The summed E-state index contributed by atoms with van der Waals surface area (Å²) in [6.45, 7) is 6.99. The smallest absolute Gasteiger partial charge is 0.131 e. The van der Waals surface area contributed by atoms with E-state index >= 15 is 0 Å². The second-order valence-corrected chi connectivity index (χ2v) is 5.10. The van der Waals surface area contributed by atoms with E-state index < -0.39 is 0 Å². The fraction of sp³-hybridized carbons (Fsp3) is 0.294. The average molecular weight is 257 g/mol. The van der Waals surface area contributed by atoms with Crippen molar-refractivity contribution in [1.82, 2.24) is 5.32 Å². The minimum atomic E-state index is -0.161. The molecule has 0 saturated heterocycles. The molecule has 0 saturated carbocycles. The summed E-state index contributed by atoms with van der Waals surface area (Å²) in [4.78, 5) is 0. The van der Waals surface area contributed by atoms with Gasteiger partial charge in [0.25, 0.3) is 0 Å². The van der Waals surface area contributed by atoms with Crippen LogP contribution in [-0.4, -0.2) is 7.05 Å². The molecule has 0 fully saturated rings. The van der Waals surface area contributed by atoms with E-state index in [2.05, 4.69) is 31.3 Å². The van der Waals surface area contributed by atoms with Crippen LogP contribution in [0, 0.1) is 26.6 Å². The molecule has 0 amide bonds. The summed E-state index contributed by atoms with van der Waals surface area (Å²) in [7, 11) is 1.94. The number of benzene rings is 2. The number of nitrogens with one attached hydrogen (secondary N) is 1. The largest absolute Gasteiger partial charge is 0.316 e. The van der Waals surface area contributed by atoms with Gasteiger partial charge >= 0.3 is 0 Å². The van der Waals surface area contributed by atoms with Crippen LogP contribution in [0.1, 0.15) is 22.3 Å². The van der Waals surface area contributed by atoms with Gasteiger partial charge in [0.1, 0.15) is 5.82 Å². The van der Waals surface area contributed by atoms with Crippen molar-refractivity contribution in [1.29, 1.82) is 0 Å². The number of halogens is 1. The van der Waals surface area contributed by atoms with E-state index in [1.54, 1.807) is 6.07 Å². The molecule has 0 spiro atoms. The Balaban J connectivity index is 2.55. The van der Waals surface area contributed by atoms with Gasteiger partial charge in [-0.3, -0.25) is 0 Å². The Morgan fingerprint density at radius 2 is 1.63 bits per heavy atom. The van der Waals surface area contributed by atoms with Crippen molar-refractivity contribution in [3.05, 3.63) is 58.4 Å². The molecule has 0 radical (unpaired) electrons. The average Bonchev–Trinajstić information content (AvgIpc) is 2.36. The van der Waals surface area contributed by atoms with Crippen LogP contribution in [0.5, 0.6) is 0 Å². The lowest BCUT2D eigenvalue weighted by atomic mass is 9.94. The lowest BCUT2D eigenvalue weighted by molar-refractivity contribution is 0.631. The van der Waals surface area contributed by atoms with Crippen molar-refractivity contribution in [2.75, 3.05) is 7.05 Å². The first-order chi connectivity index (χ1) is 9.02. The molecule has 100 valence electrons. The highest BCUT2D eigenvalue weighted by molar-refractivity contribution is 5.67. The number of aryl methyl sites for hydroxylation is 3. The van der Waals surface area contributed by atoms with Gasteiger partial charge in [-0.2, -0.15) is 0 Å². The molecule has 0 aliphatic carbocycles.